The molecule has 7 aromatic carbocycles. The lowest BCUT2D eigenvalue weighted by molar-refractivity contribution is 0.608. The van der Waals surface area contributed by atoms with Crippen molar-refractivity contribution in [2.24, 2.45) is 0 Å². The molecule has 194 valence electrons. The molecule has 0 aliphatic rings. The van der Waals surface area contributed by atoms with Gasteiger partial charge in [0.05, 0.1) is 11.4 Å². The number of aryl methyl sites for hydroxylation is 1. The number of halogens is 2. The maximum absolute atomic E-state index is 15.8. The minimum absolute atomic E-state index is 0.119. The van der Waals surface area contributed by atoms with Crippen molar-refractivity contribution in [1.29, 1.82) is 0 Å². The van der Waals surface area contributed by atoms with Gasteiger partial charge >= 0.3 is 0 Å². The summed E-state index contributed by atoms with van der Waals surface area (Å²) in [7, 11) is 0. The first-order valence-electron chi connectivity index (χ1n) is 13.6. The molecule has 1 unspecified atom stereocenters. The predicted octanol–water partition coefficient (Wildman–Crippen LogP) is 10.8. The van der Waals surface area contributed by atoms with Crippen molar-refractivity contribution in [1.82, 2.24) is 0 Å². The Kier molecular flexibility index (Phi) is 5.74. The maximum atomic E-state index is 15.8. The average molecular weight is 524 g/mol. The van der Waals surface area contributed by atoms with E-state index >= 15 is 8.78 Å². The van der Waals surface area contributed by atoms with E-state index in [1.807, 2.05) is 71.6 Å². The molecular weight excluding hydrogens is 496 g/mol. The molecule has 3 heteroatoms. The van der Waals surface area contributed by atoms with E-state index in [2.05, 4.69) is 50.2 Å². The van der Waals surface area contributed by atoms with Gasteiger partial charge in [0.15, 0.2) is 0 Å². The topological polar surface area (TPSA) is 3.24 Å². The molecule has 0 aliphatic carbocycles. The summed E-state index contributed by atoms with van der Waals surface area (Å²) in [6, 6.07) is 38.9. The number of benzene rings is 7. The van der Waals surface area contributed by atoms with E-state index in [0.717, 1.165) is 54.8 Å². The highest BCUT2D eigenvalue weighted by molar-refractivity contribution is 6.26. The van der Waals surface area contributed by atoms with Gasteiger partial charge in [-0.1, -0.05) is 91.9 Å². The van der Waals surface area contributed by atoms with Gasteiger partial charge in [-0.25, -0.2) is 8.78 Å². The van der Waals surface area contributed by atoms with E-state index in [-0.39, 0.29) is 17.6 Å². The van der Waals surface area contributed by atoms with Gasteiger partial charge in [-0.2, -0.15) is 0 Å². The summed E-state index contributed by atoms with van der Waals surface area (Å²) < 4.78 is 31.2. The first kappa shape index (κ1) is 24.3. The summed E-state index contributed by atoms with van der Waals surface area (Å²) >= 11 is 0. The van der Waals surface area contributed by atoms with Crippen LogP contribution in [-0.4, -0.2) is 0 Å². The van der Waals surface area contributed by atoms with Crippen molar-refractivity contribution in [3.63, 3.8) is 0 Å². The molecule has 0 aromatic heterocycles. The zero-order valence-electron chi connectivity index (χ0n) is 22.3. The van der Waals surface area contributed by atoms with Crippen LogP contribution >= 0.6 is 0 Å². The predicted molar refractivity (Wildman–Crippen MR) is 163 cm³/mol. The van der Waals surface area contributed by atoms with Crippen LogP contribution in [-0.2, 0) is 0 Å². The molecular formula is C37H27F2N. The van der Waals surface area contributed by atoms with E-state index in [1.54, 1.807) is 12.1 Å². The SMILES string of the molecule is Cc1cc2ccc3c(C(C)c4ccccc4)c(F)cc4ccc(c1N(c1ccccc1)c1ccccc1F)c2c43. The molecule has 0 saturated heterocycles. The molecule has 0 N–H and O–H groups in total. The van der Waals surface area contributed by atoms with Gasteiger partial charge in [-0.3, -0.25) is 0 Å². The largest absolute Gasteiger partial charge is 0.307 e. The third-order valence-corrected chi connectivity index (χ3v) is 8.12. The molecule has 7 aromatic rings. The Morgan fingerprint density at radius 1 is 0.600 bits per heavy atom. The summed E-state index contributed by atoms with van der Waals surface area (Å²) in [6.07, 6.45) is 0. The van der Waals surface area contributed by atoms with Crippen molar-refractivity contribution in [2.45, 2.75) is 19.8 Å². The first-order valence-corrected chi connectivity index (χ1v) is 13.6. The van der Waals surface area contributed by atoms with Crippen LogP contribution in [0.5, 0.6) is 0 Å². The molecule has 0 aliphatic heterocycles. The molecule has 0 saturated carbocycles. The van der Waals surface area contributed by atoms with Gasteiger partial charge in [0, 0.05) is 22.6 Å². The molecule has 7 rings (SSSR count). The Bertz CT molecular complexity index is 2000. The van der Waals surface area contributed by atoms with Crippen LogP contribution < -0.4 is 4.90 Å². The van der Waals surface area contributed by atoms with Crippen LogP contribution in [0.3, 0.4) is 0 Å². The van der Waals surface area contributed by atoms with Gasteiger partial charge in [-0.15, -0.1) is 0 Å². The second kappa shape index (κ2) is 9.46. The summed E-state index contributed by atoms with van der Waals surface area (Å²) in [4.78, 5) is 2.00. The van der Waals surface area contributed by atoms with E-state index in [9.17, 15) is 0 Å². The lowest BCUT2D eigenvalue weighted by Gasteiger charge is -2.30. The first-order chi connectivity index (χ1) is 19.5. The highest BCUT2D eigenvalue weighted by Gasteiger charge is 2.25. The van der Waals surface area contributed by atoms with Gasteiger partial charge < -0.3 is 4.90 Å². The average Bonchev–Trinajstić information content (AvgIpc) is 2.98. The summed E-state index contributed by atoms with van der Waals surface area (Å²) in [5.41, 5.74) is 5.07. The van der Waals surface area contributed by atoms with Crippen molar-refractivity contribution < 1.29 is 8.78 Å². The Morgan fingerprint density at radius 2 is 1.20 bits per heavy atom. The van der Waals surface area contributed by atoms with Crippen LogP contribution in [0.15, 0.2) is 121 Å². The molecule has 0 radical (unpaired) electrons. The Morgan fingerprint density at radius 3 is 1.93 bits per heavy atom. The number of nitrogens with zero attached hydrogens (tertiary/aromatic N) is 1. The highest BCUT2D eigenvalue weighted by atomic mass is 19.1. The fourth-order valence-corrected chi connectivity index (χ4v) is 6.31. The van der Waals surface area contributed by atoms with Crippen molar-refractivity contribution in [2.75, 3.05) is 4.90 Å². The zero-order chi connectivity index (χ0) is 27.4. The Labute approximate surface area is 232 Å². The molecule has 0 heterocycles. The van der Waals surface area contributed by atoms with E-state index < -0.39 is 0 Å². The maximum Gasteiger partial charge on any atom is 0.147 e. The number of hydrogen-bond donors (Lipinski definition) is 0. The third kappa shape index (κ3) is 3.73. The molecule has 0 amide bonds. The Hall–Kier alpha value is -4.76. The Balaban J connectivity index is 1.57. The second-order valence-corrected chi connectivity index (χ2v) is 10.5. The standard InChI is InChI=1S/C37H27F2N/c1-23-21-26-17-19-29-34(24(2)25-11-5-3-6-12-25)32(39)22-27-18-20-30(36(26)35(27)29)37(23)40(28-13-7-4-8-14-28)33-16-10-9-15-31(33)38/h3-22,24H,1-2H3. The van der Waals surface area contributed by atoms with Crippen LogP contribution in [0.1, 0.15) is 29.5 Å². The third-order valence-electron chi connectivity index (χ3n) is 8.12. The van der Waals surface area contributed by atoms with Crippen LogP contribution in [0.4, 0.5) is 25.8 Å². The molecule has 0 fully saturated rings. The lowest BCUT2D eigenvalue weighted by atomic mass is 9.84. The van der Waals surface area contributed by atoms with Crippen LogP contribution in [0.25, 0.3) is 32.3 Å². The quantitative estimate of drug-likeness (QED) is 0.203. The van der Waals surface area contributed by atoms with Gasteiger partial charge in [-0.05, 0) is 81.4 Å². The summed E-state index contributed by atoms with van der Waals surface area (Å²) in [5, 5.41) is 5.97. The van der Waals surface area contributed by atoms with Crippen molar-refractivity contribution >= 4 is 49.4 Å². The molecule has 0 spiro atoms. The van der Waals surface area contributed by atoms with Crippen LogP contribution in [0, 0.1) is 18.6 Å². The molecule has 0 bridgehead atoms. The second-order valence-electron chi connectivity index (χ2n) is 10.5. The minimum Gasteiger partial charge on any atom is -0.307 e. The molecule has 1 atom stereocenters. The summed E-state index contributed by atoms with van der Waals surface area (Å²) in [6.45, 7) is 4.14. The van der Waals surface area contributed by atoms with E-state index in [4.69, 9.17) is 0 Å². The van der Waals surface area contributed by atoms with Crippen LogP contribution in [0.2, 0.25) is 0 Å². The summed E-state index contributed by atoms with van der Waals surface area (Å²) in [5.74, 6) is -0.611. The number of rotatable bonds is 5. The fraction of sp³-hybridized carbons (Fsp3) is 0.0811. The zero-order valence-corrected chi connectivity index (χ0v) is 22.3. The van der Waals surface area contributed by atoms with Crippen molar-refractivity contribution in [3.8, 4) is 0 Å². The van der Waals surface area contributed by atoms with Gasteiger partial charge in [0.2, 0.25) is 0 Å². The fourth-order valence-electron chi connectivity index (χ4n) is 6.31. The monoisotopic (exact) mass is 523 g/mol. The van der Waals surface area contributed by atoms with Crippen molar-refractivity contribution in [3.05, 3.63) is 150 Å². The number of para-hydroxylation sites is 2. The number of anilines is 3. The number of hydrogen-bond acceptors (Lipinski definition) is 1. The normalized spacial score (nSPS) is 12.4. The minimum atomic E-state index is -0.294. The van der Waals surface area contributed by atoms with Gasteiger partial charge in [0.1, 0.15) is 11.6 Å². The smallest absolute Gasteiger partial charge is 0.147 e. The van der Waals surface area contributed by atoms with E-state index in [0.29, 0.717) is 11.3 Å². The molecule has 1 nitrogen and oxygen atoms in total. The van der Waals surface area contributed by atoms with Gasteiger partial charge in [0.25, 0.3) is 0 Å². The highest BCUT2D eigenvalue weighted by Crippen LogP contribution is 2.47. The lowest BCUT2D eigenvalue weighted by Crippen LogP contribution is -2.13. The van der Waals surface area contributed by atoms with E-state index in [1.165, 1.54) is 6.07 Å². The molecule has 40 heavy (non-hydrogen) atoms.